The van der Waals surface area contributed by atoms with Gasteiger partial charge in [-0.05, 0) is 35.6 Å². The summed E-state index contributed by atoms with van der Waals surface area (Å²) in [7, 11) is -2.18. The van der Waals surface area contributed by atoms with Gasteiger partial charge in [-0.15, -0.1) is 11.3 Å². The highest BCUT2D eigenvalue weighted by molar-refractivity contribution is 7.91. The molecule has 0 bridgehead atoms. The third-order valence-corrected chi connectivity index (χ3v) is 7.70. The van der Waals surface area contributed by atoms with E-state index < -0.39 is 28.1 Å². The number of benzene rings is 1. The molecule has 2 heterocycles. The van der Waals surface area contributed by atoms with Gasteiger partial charge in [0.2, 0.25) is 0 Å². The van der Waals surface area contributed by atoms with Crippen LogP contribution in [0, 0.1) is 0 Å². The molecule has 0 radical (unpaired) electrons. The summed E-state index contributed by atoms with van der Waals surface area (Å²) in [5.74, 6) is -1.03. The SMILES string of the molecule is COc1cccc(CNC(=O)C(=O)NCC2OCCCN2S(=O)(=O)c2cccs2)c1. The molecule has 30 heavy (non-hydrogen) atoms. The Morgan fingerprint density at radius 2 is 2.03 bits per heavy atom. The van der Waals surface area contributed by atoms with Crippen LogP contribution in [0.2, 0.25) is 0 Å². The van der Waals surface area contributed by atoms with Crippen molar-refractivity contribution in [3.8, 4) is 5.75 Å². The van der Waals surface area contributed by atoms with Crippen molar-refractivity contribution in [1.29, 1.82) is 0 Å². The lowest BCUT2D eigenvalue weighted by molar-refractivity contribution is -0.140. The number of carbonyl (C=O) groups excluding carboxylic acids is 2. The van der Waals surface area contributed by atoms with Gasteiger partial charge in [0.15, 0.2) is 0 Å². The third kappa shape index (κ3) is 5.36. The molecule has 9 nitrogen and oxygen atoms in total. The molecular weight excluding hydrogens is 430 g/mol. The first-order valence-corrected chi connectivity index (χ1v) is 11.6. The first-order chi connectivity index (χ1) is 14.4. The average Bonchev–Trinajstić information content (AvgIpc) is 3.32. The fourth-order valence-electron chi connectivity index (χ4n) is 2.93. The van der Waals surface area contributed by atoms with Crippen molar-refractivity contribution < 1.29 is 27.5 Å². The van der Waals surface area contributed by atoms with Gasteiger partial charge in [0, 0.05) is 13.1 Å². The Morgan fingerprint density at radius 1 is 1.23 bits per heavy atom. The molecule has 1 unspecified atom stereocenters. The van der Waals surface area contributed by atoms with Crippen LogP contribution in [0.3, 0.4) is 0 Å². The van der Waals surface area contributed by atoms with E-state index >= 15 is 0 Å². The van der Waals surface area contributed by atoms with Crippen molar-refractivity contribution in [1.82, 2.24) is 14.9 Å². The molecule has 1 aromatic carbocycles. The number of carbonyl (C=O) groups is 2. The number of ether oxygens (including phenoxy) is 2. The molecule has 162 valence electrons. The fourth-order valence-corrected chi connectivity index (χ4v) is 5.62. The molecule has 0 saturated carbocycles. The van der Waals surface area contributed by atoms with E-state index in [2.05, 4.69) is 10.6 Å². The second-order valence-electron chi connectivity index (χ2n) is 6.47. The van der Waals surface area contributed by atoms with Gasteiger partial charge in [-0.1, -0.05) is 18.2 Å². The van der Waals surface area contributed by atoms with E-state index in [1.165, 1.54) is 10.4 Å². The molecule has 0 aliphatic carbocycles. The number of amides is 2. The standard InChI is InChI=1S/C19H23N3O6S2/c1-27-15-6-2-5-14(11-15)12-20-18(23)19(24)21-13-16-22(8-4-9-28-16)30(25,26)17-7-3-10-29-17/h2-3,5-7,10-11,16H,4,8-9,12-13H2,1H3,(H,20,23)(H,21,24). The highest BCUT2D eigenvalue weighted by atomic mass is 32.2. The molecule has 1 aliphatic heterocycles. The van der Waals surface area contributed by atoms with E-state index in [-0.39, 0.29) is 23.8 Å². The van der Waals surface area contributed by atoms with Crippen LogP contribution in [0.5, 0.6) is 5.75 Å². The lowest BCUT2D eigenvalue weighted by Gasteiger charge is -2.34. The van der Waals surface area contributed by atoms with Crippen molar-refractivity contribution in [2.75, 3.05) is 26.8 Å². The molecule has 1 atom stereocenters. The van der Waals surface area contributed by atoms with Gasteiger partial charge in [-0.3, -0.25) is 9.59 Å². The van der Waals surface area contributed by atoms with Crippen LogP contribution in [0.1, 0.15) is 12.0 Å². The Balaban J connectivity index is 1.55. The zero-order valence-corrected chi connectivity index (χ0v) is 18.0. The molecule has 2 N–H and O–H groups in total. The van der Waals surface area contributed by atoms with Crippen molar-refractivity contribution in [3.63, 3.8) is 0 Å². The Bertz CT molecular complexity index is 978. The number of sulfonamides is 1. The van der Waals surface area contributed by atoms with E-state index in [9.17, 15) is 18.0 Å². The summed E-state index contributed by atoms with van der Waals surface area (Å²) < 4.78 is 37.7. The lowest BCUT2D eigenvalue weighted by Crippen LogP contribution is -2.52. The maximum absolute atomic E-state index is 12.8. The van der Waals surface area contributed by atoms with Crippen molar-refractivity contribution in [3.05, 3.63) is 47.3 Å². The van der Waals surface area contributed by atoms with Gasteiger partial charge in [0.25, 0.3) is 10.0 Å². The second-order valence-corrected chi connectivity index (χ2v) is 9.54. The predicted octanol–water partition coefficient (Wildman–Crippen LogP) is 0.926. The molecule has 2 aromatic rings. The highest BCUT2D eigenvalue weighted by Crippen LogP contribution is 2.25. The van der Waals surface area contributed by atoms with E-state index in [4.69, 9.17) is 9.47 Å². The van der Waals surface area contributed by atoms with Crippen LogP contribution in [-0.2, 0) is 30.9 Å². The topological polar surface area (TPSA) is 114 Å². The summed E-state index contributed by atoms with van der Waals surface area (Å²) in [4.78, 5) is 24.2. The van der Waals surface area contributed by atoms with Gasteiger partial charge >= 0.3 is 11.8 Å². The van der Waals surface area contributed by atoms with Gasteiger partial charge in [0.05, 0.1) is 20.3 Å². The Labute approximate surface area is 179 Å². The second kappa shape index (κ2) is 10.0. The van der Waals surface area contributed by atoms with Gasteiger partial charge in [-0.2, -0.15) is 4.31 Å². The third-order valence-electron chi connectivity index (χ3n) is 4.44. The normalized spacial score (nSPS) is 17.3. The zero-order valence-electron chi connectivity index (χ0n) is 16.4. The molecule has 2 amide bonds. The first-order valence-electron chi connectivity index (χ1n) is 9.27. The molecule has 1 aliphatic rings. The molecule has 1 fully saturated rings. The highest BCUT2D eigenvalue weighted by Gasteiger charge is 2.35. The summed E-state index contributed by atoms with van der Waals surface area (Å²) >= 11 is 1.12. The Morgan fingerprint density at radius 3 is 2.77 bits per heavy atom. The number of hydrogen-bond acceptors (Lipinski definition) is 7. The van der Waals surface area contributed by atoms with E-state index in [0.29, 0.717) is 18.8 Å². The quantitative estimate of drug-likeness (QED) is 0.603. The van der Waals surface area contributed by atoms with E-state index in [1.807, 2.05) is 0 Å². The summed E-state index contributed by atoms with van der Waals surface area (Å²) in [5.41, 5.74) is 0.777. The number of nitrogens with zero attached hydrogens (tertiary/aromatic N) is 1. The Hall–Kier alpha value is -2.47. The fraction of sp³-hybridized carbons (Fsp3) is 0.368. The minimum Gasteiger partial charge on any atom is -0.497 e. The number of methoxy groups -OCH3 is 1. The largest absolute Gasteiger partial charge is 0.497 e. The van der Waals surface area contributed by atoms with Crippen molar-refractivity contribution in [2.24, 2.45) is 0 Å². The summed E-state index contributed by atoms with van der Waals surface area (Å²) in [5, 5.41) is 6.66. The maximum atomic E-state index is 12.8. The van der Waals surface area contributed by atoms with E-state index in [1.54, 1.807) is 42.8 Å². The monoisotopic (exact) mass is 453 g/mol. The average molecular weight is 454 g/mol. The van der Waals surface area contributed by atoms with Crippen LogP contribution in [0.15, 0.2) is 46.0 Å². The van der Waals surface area contributed by atoms with Crippen LogP contribution >= 0.6 is 11.3 Å². The molecule has 1 saturated heterocycles. The maximum Gasteiger partial charge on any atom is 0.309 e. The lowest BCUT2D eigenvalue weighted by atomic mass is 10.2. The Kier molecular flexibility index (Phi) is 7.43. The minimum absolute atomic E-state index is 0.129. The molecule has 1 aromatic heterocycles. The van der Waals surface area contributed by atoms with Gasteiger partial charge < -0.3 is 20.1 Å². The molecular formula is C19H23N3O6S2. The zero-order chi connectivity index (χ0) is 21.6. The number of hydrogen-bond donors (Lipinski definition) is 2. The van der Waals surface area contributed by atoms with Crippen LogP contribution in [0.25, 0.3) is 0 Å². The van der Waals surface area contributed by atoms with Crippen LogP contribution < -0.4 is 15.4 Å². The molecule has 0 spiro atoms. The first kappa shape index (κ1) is 22.2. The number of nitrogens with one attached hydrogen (secondary N) is 2. The number of rotatable bonds is 7. The summed E-state index contributed by atoms with van der Waals surface area (Å²) in [6.07, 6.45) is -0.322. The van der Waals surface area contributed by atoms with Crippen molar-refractivity contribution >= 4 is 33.2 Å². The van der Waals surface area contributed by atoms with Gasteiger partial charge in [-0.25, -0.2) is 8.42 Å². The number of thiophene rings is 1. The van der Waals surface area contributed by atoms with Crippen molar-refractivity contribution in [2.45, 2.75) is 23.4 Å². The van der Waals surface area contributed by atoms with E-state index in [0.717, 1.165) is 16.9 Å². The summed E-state index contributed by atoms with van der Waals surface area (Å²) in [6, 6.07) is 10.3. The molecule has 11 heteroatoms. The molecule has 3 rings (SSSR count). The summed E-state index contributed by atoms with van der Waals surface area (Å²) in [6.45, 7) is 0.681. The van der Waals surface area contributed by atoms with Crippen LogP contribution in [-0.4, -0.2) is 57.6 Å². The van der Waals surface area contributed by atoms with Crippen LogP contribution in [0.4, 0.5) is 0 Å². The smallest absolute Gasteiger partial charge is 0.309 e. The predicted molar refractivity (Wildman–Crippen MR) is 110 cm³/mol. The van der Waals surface area contributed by atoms with Gasteiger partial charge in [0.1, 0.15) is 16.2 Å². The minimum atomic E-state index is -3.73.